The van der Waals surface area contributed by atoms with E-state index < -0.39 is 6.10 Å². The highest BCUT2D eigenvalue weighted by Gasteiger charge is 2.11. The standard InChI is InChI=1S/C12H15BrO3S/c1-2-16-12(15)7-10(14)8-17-11-5-3-4-9(13)6-11/h3-6,10,14H,2,7-8H2,1H3. The average Bonchev–Trinajstić information content (AvgIpc) is 2.27. The molecule has 0 aliphatic rings. The topological polar surface area (TPSA) is 46.5 Å². The zero-order chi connectivity index (χ0) is 12.7. The third-order valence-corrected chi connectivity index (χ3v) is 3.58. The molecule has 0 aromatic heterocycles. The van der Waals surface area contributed by atoms with Gasteiger partial charge >= 0.3 is 5.97 Å². The molecule has 1 aromatic carbocycles. The van der Waals surface area contributed by atoms with E-state index in [1.54, 1.807) is 6.92 Å². The molecule has 0 amide bonds. The smallest absolute Gasteiger partial charge is 0.308 e. The number of ether oxygens (including phenoxy) is 1. The molecule has 5 heteroatoms. The van der Waals surface area contributed by atoms with Crippen molar-refractivity contribution in [1.82, 2.24) is 0 Å². The Morgan fingerprint density at radius 1 is 1.59 bits per heavy atom. The summed E-state index contributed by atoms with van der Waals surface area (Å²) < 4.78 is 5.77. The van der Waals surface area contributed by atoms with E-state index in [0.717, 1.165) is 9.37 Å². The van der Waals surface area contributed by atoms with Crippen molar-refractivity contribution < 1.29 is 14.6 Å². The lowest BCUT2D eigenvalue weighted by Crippen LogP contribution is -2.17. The normalized spacial score (nSPS) is 12.2. The molecule has 17 heavy (non-hydrogen) atoms. The fraction of sp³-hybridized carbons (Fsp3) is 0.417. The van der Waals surface area contributed by atoms with Gasteiger partial charge in [0.2, 0.25) is 0 Å². The Bertz CT molecular complexity index is 371. The second kappa shape index (κ2) is 7.74. The number of carbonyl (C=O) groups is 1. The van der Waals surface area contributed by atoms with E-state index in [1.165, 1.54) is 11.8 Å². The number of halogens is 1. The lowest BCUT2D eigenvalue weighted by atomic mass is 10.3. The zero-order valence-corrected chi connectivity index (χ0v) is 12.0. The van der Waals surface area contributed by atoms with Crippen molar-refractivity contribution in [2.24, 2.45) is 0 Å². The van der Waals surface area contributed by atoms with Crippen LogP contribution in [0.15, 0.2) is 33.6 Å². The molecule has 0 spiro atoms. The van der Waals surface area contributed by atoms with Gasteiger partial charge in [0, 0.05) is 15.1 Å². The predicted molar refractivity (Wildman–Crippen MR) is 72.1 cm³/mol. The van der Waals surface area contributed by atoms with Crippen LogP contribution in [0.1, 0.15) is 13.3 Å². The van der Waals surface area contributed by atoms with Gasteiger partial charge in [0.1, 0.15) is 0 Å². The molecule has 1 aromatic rings. The van der Waals surface area contributed by atoms with E-state index >= 15 is 0 Å². The van der Waals surface area contributed by atoms with E-state index in [2.05, 4.69) is 15.9 Å². The molecule has 1 unspecified atom stereocenters. The molecular weight excluding hydrogens is 304 g/mol. The molecule has 1 rings (SSSR count). The van der Waals surface area contributed by atoms with Gasteiger partial charge in [0.15, 0.2) is 0 Å². The first-order chi connectivity index (χ1) is 8.11. The summed E-state index contributed by atoms with van der Waals surface area (Å²) in [6.07, 6.45) is -0.618. The summed E-state index contributed by atoms with van der Waals surface area (Å²) in [6, 6.07) is 7.82. The quantitative estimate of drug-likeness (QED) is 0.647. The third kappa shape index (κ3) is 6.10. The number of esters is 1. The van der Waals surface area contributed by atoms with Crippen molar-refractivity contribution in [2.45, 2.75) is 24.3 Å². The van der Waals surface area contributed by atoms with Crippen LogP contribution in [0.5, 0.6) is 0 Å². The second-order valence-electron chi connectivity index (χ2n) is 3.43. The number of benzene rings is 1. The molecule has 0 aliphatic carbocycles. The van der Waals surface area contributed by atoms with Gasteiger partial charge in [-0.1, -0.05) is 22.0 Å². The van der Waals surface area contributed by atoms with E-state index in [1.807, 2.05) is 24.3 Å². The zero-order valence-electron chi connectivity index (χ0n) is 9.56. The fourth-order valence-corrected chi connectivity index (χ4v) is 2.66. The van der Waals surface area contributed by atoms with Crippen molar-refractivity contribution in [2.75, 3.05) is 12.4 Å². The van der Waals surface area contributed by atoms with Crippen molar-refractivity contribution in [1.29, 1.82) is 0 Å². The van der Waals surface area contributed by atoms with E-state index in [-0.39, 0.29) is 12.4 Å². The molecule has 0 aliphatic heterocycles. The van der Waals surface area contributed by atoms with Gasteiger partial charge in [-0.2, -0.15) is 0 Å². The first-order valence-corrected chi connectivity index (χ1v) is 7.11. The van der Waals surface area contributed by atoms with Gasteiger partial charge in [-0.15, -0.1) is 11.8 Å². The third-order valence-electron chi connectivity index (χ3n) is 1.95. The Kier molecular flexibility index (Phi) is 6.62. The van der Waals surface area contributed by atoms with Crippen LogP contribution in [-0.4, -0.2) is 29.5 Å². The Morgan fingerprint density at radius 2 is 2.35 bits per heavy atom. The molecule has 0 radical (unpaired) electrons. The lowest BCUT2D eigenvalue weighted by Gasteiger charge is -2.09. The molecule has 0 heterocycles. The summed E-state index contributed by atoms with van der Waals surface area (Å²) in [7, 11) is 0. The van der Waals surface area contributed by atoms with Gasteiger partial charge in [-0.05, 0) is 25.1 Å². The second-order valence-corrected chi connectivity index (χ2v) is 5.44. The summed E-state index contributed by atoms with van der Waals surface area (Å²) in [4.78, 5) is 12.2. The Hall–Kier alpha value is -0.520. The number of hydrogen-bond acceptors (Lipinski definition) is 4. The maximum absolute atomic E-state index is 11.1. The largest absolute Gasteiger partial charge is 0.466 e. The van der Waals surface area contributed by atoms with Crippen LogP contribution < -0.4 is 0 Å². The maximum atomic E-state index is 11.1. The molecule has 94 valence electrons. The molecule has 0 fully saturated rings. The highest BCUT2D eigenvalue weighted by Crippen LogP contribution is 2.23. The summed E-state index contributed by atoms with van der Waals surface area (Å²) in [5, 5.41) is 9.64. The fourth-order valence-electron chi connectivity index (χ4n) is 1.22. The molecular formula is C12H15BrO3S. The lowest BCUT2D eigenvalue weighted by molar-refractivity contribution is -0.144. The van der Waals surface area contributed by atoms with Crippen LogP contribution in [0.2, 0.25) is 0 Å². The Morgan fingerprint density at radius 3 is 3.00 bits per heavy atom. The van der Waals surface area contributed by atoms with Crippen LogP contribution in [-0.2, 0) is 9.53 Å². The Labute approximate surface area is 114 Å². The molecule has 1 atom stereocenters. The van der Waals surface area contributed by atoms with Crippen LogP contribution >= 0.6 is 27.7 Å². The van der Waals surface area contributed by atoms with E-state index in [9.17, 15) is 9.90 Å². The molecule has 0 saturated heterocycles. The highest BCUT2D eigenvalue weighted by atomic mass is 79.9. The van der Waals surface area contributed by atoms with E-state index in [4.69, 9.17) is 4.74 Å². The minimum absolute atomic E-state index is 0.0504. The van der Waals surface area contributed by atoms with Gasteiger partial charge in [-0.3, -0.25) is 4.79 Å². The molecule has 0 bridgehead atoms. The van der Waals surface area contributed by atoms with Gasteiger partial charge < -0.3 is 9.84 Å². The van der Waals surface area contributed by atoms with Crippen LogP contribution in [0.3, 0.4) is 0 Å². The SMILES string of the molecule is CCOC(=O)CC(O)CSc1cccc(Br)c1. The van der Waals surface area contributed by atoms with Crippen LogP contribution in [0, 0.1) is 0 Å². The van der Waals surface area contributed by atoms with E-state index in [0.29, 0.717) is 12.4 Å². The number of rotatable bonds is 6. The van der Waals surface area contributed by atoms with Gasteiger partial charge in [-0.25, -0.2) is 0 Å². The predicted octanol–water partition coefficient (Wildman–Crippen LogP) is 2.86. The summed E-state index contributed by atoms with van der Waals surface area (Å²) >= 11 is 4.90. The summed E-state index contributed by atoms with van der Waals surface area (Å²) in [5.41, 5.74) is 0. The number of hydrogen-bond donors (Lipinski definition) is 1. The summed E-state index contributed by atoms with van der Waals surface area (Å²) in [5.74, 6) is 0.129. The monoisotopic (exact) mass is 318 g/mol. The number of aliphatic hydroxyl groups excluding tert-OH is 1. The van der Waals surface area contributed by atoms with Gasteiger partial charge in [0.05, 0.1) is 19.1 Å². The highest BCUT2D eigenvalue weighted by molar-refractivity contribution is 9.10. The van der Waals surface area contributed by atoms with Crippen molar-refractivity contribution in [3.05, 3.63) is 28.7 Å². The van der Waals surface area contributed by atoms with Crippen molar-refractivity contribution in [3.8, 4) is 0 Å². The van der Waals surface area contributed by atoms with Crippen LogP contribution in [0.4, 0.5) is 0 Å². The number of aliphatic hydroxyl groups is 1. The first-order valence-electron chi connectivity index (χ1n) is 5.34. The number of carbonyl (C=O) groups excluding carboxylic acids is 1. The van der Waals surface area contributed by atoms with Crippen molar-refractivity contribution in [3.63, 3.8) is 0 Å². The first kappa shape index (κ1) is 14.5. The molecule has 3 nitrogen and oxygen atoms in total. The number of thioether (sulfide) groups is 1. The minimum atomic E-state index is -0.668. The Balaban J connectivity index is 2.33. The minimum Gasteiger partial charge on any atom is -0.466 e. The van der Waals surface area contributed by atoms with Gasteiger partial charge in [0.25, 0.3) is 0 Å². The van der Waals surface area contributed by atoms with Crippen molar-refractivity contribution >= 4 is 33.7 Å². The average molecular weight is 319 g/mol. The molecule has 0 saturated carbocycles. The van der Waals surface area contributed by atoms with Crippen LogP contribution in [0.25, 0.3) is 0 Å². The molecule has 1 N–H and O–H groups in total. The summed E-state index contributed by atoms with van der Waals surface area (Å²) in [6.45, 7) is 2.10. The maximum Gasteiger partial charge on any atom is 0.308 e.